The van der Waals surface area contributed by atoms with Crippen LogP contribution < -0.4 is 10.3 Å². The summed E-state index contributed by atoms with van der Waals surface area (Å²) in [6.07, 6.45) is 3.08. The molecule has 1 aliphatic heterocycles. The summed E-state index contributed by atoms with van der Waals surface area (Å²) >= 11 is 0. The van der Waals surface area contributed by atoms with Crippen LogP contribution in [-0.4, -0.2) is 0 Å². The lowest BCUT2D eigenvalue weighted by atomic mass is 9.73. The highest BCUT2D eigenvalue weighted by Gasteiger charge is 2.36. The zero-order valence-electron chi connectivity index (χ0n) is 17.7. The molecule has 0 unspecified atom stereocenters. The molecule has 3 aromatic carbocycles. The molecule has 0 amide bonds. The molecule has 0 bridgehead atoms. The van der Waals surface area contributed by atoms with Gasteiger partial charge in [0.05, 0.1) is 22.3 Å². The van der Waals surface area contributed by atoms with Gasteiger partial charge in [0.1, 0.15) is 11.3 Å². The molecule has 3 heteroatoms. The first kappa shape index (κ1) is 19.1. The van der Waals surface area contributed by atoms with Crippen molar-refractivity contribution in [2.45, 2.75) is 19.3 Å². The molecule has 3 nitrogen and oxygen atoms in total. The van der Waals surface area contributed by atoms with Crippen molar-refractivity contribution in [1.82, 2.24) is 0 Å². The second kappa shape index (κ2) is 6.85. The molecular formula is C28H23NO2. The van der Waals surface area contributed by atoms with Gasteiger partial charge in [-0.15, -0.1) is 0 Å². The van der Waals surface area contributed by atoms with Crippen LogP contribution in [0.25, 0.3) is 23.1 Å². The van der Waals surface area contributed by atoms with Crippen LogP contribution in [0.1, 0.15) is 36.3 Å². The fraction of sp³-hybridized carbons (Fsp3) is 0.107. The summed E-state index contributed by atoms with van der Waals surface area (Å²) in [7, 11) is 0. The molecule has 152 valence electrons. The Labute approximate surface area is 181 Å². The molecule has 5 rings (SSSR count). The normalized spacial score (nSPS) is 14.1. The third-order valence-corrected chi connectivity index (χ3v) is 6.22. The molecule has 0 fully saturated rings. The Morgan fingerprint density at radius 1 is 0.871 bits per heavy atom. The van der Waals surface area contributed by atoms with E-state index in [-0.39, 0.29) is 10.8 Å². The summed E-state index contributed by atoms with van der Waals surface area (Å²) in [5.41, 5.74) is 6.44. The van der Waals surface area contributed by atoms with E-state index in [1.54, 1.807) is 6.08 Å². The van der Waals surface area contributed by atoms with Crippen LogP contribution in [0.15, 0.2) is 89.1 Å². The zero-order valence-corrected chi connectivity index (χ0v) is 17.7. The van der Waals surface area contributed by atoms with Crippen LogP contribution >= 0.6 is 0 Å². The van der Waals surface area contributed by atoms with Crippen molar-refractivity contribution >= 4 is 40.2 Å². The Balaban J connectivity index is 1.80. The second-order valence-corrected chi connectivity index (χ2v) is 8.29. The van der Waals surface area contributed by atoms with E-state index < -0.39 is 0 Å². The summed E-state index contributed by atoms with van der Waals surface area (Å²) < 4.78 is 6.05. The minimum Gasteiger partial charge on any atom is -0.456 e. The molecule has 1 aliphatic rings. The fourth-order valence-electron chi connectivity index (χ4n) is 4.64. The maximum atomic E-state index is 12.9. The van der Waals surface area contributed by atoms with Crippen molar-refractivity contribution in [3.63, 3.8) is 0 Å². The summed E-state index contributed by atoms with van der Waals surface area (Å²) in [5.74, 6) is 0.435. The first-order valence-corrected chi connectivity index (χ1v) is 10.3. The topological polar surface area (TPSA) is 33.5 Å². The monoisotopic (exact) mass is 405 g/mol. The van der Waals surface area contributed by atoms with Crippen molar-refractivity contribution in [2.24, 2.45) is 0 Å². The lowest BCUT2D eigenvalue weighted by Crippen LogP contribution is -2.30. The third kappa shape index (κ3) is 2.70. The molecule has 0 spiro atoms. The van der Waals surface area contributed by atoms with E-state index >= 15 is 0 Å². The van der Waals surface area contributed by atoms with Crippen LogP contribution in [0.5, 0.6) is 0 Å². The molecule has 0 saturated carbocycles. The number of anilines is 3. The number of hydrogen-bond acceptors (Lipinski definition) is 3. The van der Waals surface area contributed by atoms with Gasteiger partial charge in [-0.25, -0.2) is 0 Å². The second-order valence-electron chi connectivity index (χ2n) is 8.29. The lowest BCUT2D eigenvalue weighted by molar-refractivity contribution is 0.589. The number of rotatable bonds is 3. The van der Waals surface area contributed by atoms with E-state index in [4.69, 9.17) is 4.42 Å². The van der Waals surface area contributed by atoms with Crippen LogP contribution in [0, 0.1) is 0 Å². The Morgan fingerprint density at radius 3 is 2.06 bits per heavy atom. The van der Waals surface area contributed by atoms with E-state index in [9.17, 15) is 4.79 Å². The van der Waals surface area contributed by atoms with E-state index in [0.29, 0.717) is 22.3 Å². The molecule has 0 radical (unpaired) electrons. The van der Waals surface area contributed by atoms with Gasteiger partial charge in [-0.3, -0.25) is 4.79 Å². The smallest absolute Gasteiger partial charge is 0.200 e. The van der Waals surface area contributed by atoms with Crippen LogP contribution in [0.4, 0.5) is 17.1 Å². The Hall–Kier alpha value is -3.85. The summed E-state index contributed by atoms with van der Waals surface area (Å²) in [6.45, 7) is 12.0. The van der Waals surface area contributed by atoms with Crippen molar-refractivity contribution in [3.8, 4) is 0 Å². The third-order valence-electron chi connectivity index (χ3n) is 6.22. The van der Waals surface area contributed by atoms with E-state index in [0.717, 1.165) is 17.1 Å². The van der Waals surface area contributed by atoms with Gasteiger partial charge in [-0.05, 0) is 41.5 Å². The fourth-order valence-corrected chi connectivity index (χ4v) is 4.64. The highest BCUT2D eigenvalue weighted by Crippen LogP contribution is 2.51. The Kier molecular flexibility index (Phi) is 4.23. The largest absolute Gasteiger partial charge is 0.456 e. The maximum absolute atomic E-state index is 12.9. The molecule has 2 heterocycles. The first-order valence-electron chi connectivity index (χ1n) is 10.3. The van der Waals surface area contributed by atoms with Gasteiger partial charge in [0, 0.05) is 17.2 Å². The Morgan fingerprint density at radius 2 is 1.48 bits per heavy atom. The number of benzene rings is 3. The minimum atomic E-state index is -0.123. The SMILES string of the molecule is C=Cc1oc2cc(N3c4ccccc4C(C)(C)c4ccccc43)ccc2c(=O)c1C=C. The van der Waals surface area contributed by atoms with Crippen molar-refractivity contribution < 1.29 is 4.42 Å². The van der Waals surface area contributed by atoms with Crippen molar-refractivity contribution in [2.75, 3.05) is 4.90 Å². The summed E-state index contributed by atoms with van der Waals surface area (Å²) in [5, 5.41) is 0.531. The molecule has 0 N–H and O–H groups in total. The van der Waals surface area contributed by atoms with Crippen LogP contribution in [0.2, 0.25) is 0 Å². The predicted octanol–water partition coefficient (Wildman–Crippen LogP) is 7.19. The molecule has 0 saturated heterocycles. The lowest BCUT2D eigenvalue weighted by Gasteiger charge is -2.42. The van der Waals surface area contributed by atoms with Gasteiger partial charge in [-0.2, -0.15) is 0 Å². The zero-order chi connectivity index (χ0) is 21.8. The van der Waals surface area contributed by atoms with Gasteiger partial charge in [0.15, 0.2) is 0 Å². The van der Waals surface area contributed by atoms with E-state index in [1.165, 1.54) is 17.2 Å². The molecule has 31 heavy (non-hydrogen) atoms. The van der Waals surface area contributed by atoms with Crippen molar-refractivity contribution in [1.29, 1.82) is 0 Å². The standard InChI is InChI=1S/C28H23NO2/c1-5-19-25(6-2)31-26-17-18(15-16-20(26)27(19)30)29-23-13-9-7-11-21(23)28(3,4)22-12-8-10-14-24(22)29/h5-17H,1-2H2,3-4H3. The average Bonchev–Trinajstić information content (AvgIpc) is 2.79. The van der Waals surface area contributed by atoms with Crippen LogP contribution in [0.3, 0.4) is 0 Å². The van der Waals surface area contributed by atoms with Gasteiger partial charge < -0.3 is 9.32 Å². The molecule has 1 aromatic heterocycles. The number of para-hydroxylation sites is 2. The average molecular weight is 405 g/mol. The summed E-state index contributed by atoms with van der Waals surface area (Å²) in [4.78, 5) is 15.2. The highest BCUT2D eigenvalue weighted by atomic mass is 16.3. The minimum absolute atomic E-state index is 0.0988. The van der Waals surface area contributed by atoms with Gasteiger partial charge in [0.25, 0.3) is 0 Å². The number of hydrogen-bond donors (Lipinski definition) is 0. The van der Waals surface area contributed by atoms with Crippen molar-refractivity contribution in [3.05, 3.63) is 113 Å². The molecule has 0 atom stereocenters. The van der Waals surface area contributed by atoms with E-state index in [2.05, 4.69) is 80.4 Å². The molecule has 4 aromatic rings. The van der Waals surface area contributed by atoms with Gasteiger partial charge >= 0.3 is 0 Å². The van der Waals surface area contributed by atoms with Crippen LogP contribution in [-0.2, 0) is 5.41 Å². The number of fused-ring (bicyclic) bond motifs is 3. The van der Waals surface area contributed by atoms with Gasteiger partial charge in [-0.1, -0.05) is 69.5 Å². The maximum Gasteiger partial charge on any atom is 0.200 e. The molecular weight excluding hydrogens is 382 g/mol. The predicted molar refractivity (Wildman–Crippen MR) is 129 cm³/mol. The first-order chi connectivity index (χ1) is 15.0. The molecule has 0 aliphatic carbocycles. The quantitative estimate of drug-likeness (QED) is 0.362. The Bertz CT molecular complexity index is 1380. The number of nitrogens with zero attached hydrogens (tertiary/aromatic N) is 1. The van der Waals surface area contributed by atoms with Gasteiger partial charge in [0.2, 0.25) is 5.43 Å². The summed E-state index contributed by atoms with van der Waals surface area (Å²) in [6, 6.07) is 22.7. The van der Waals surface area contributed by atoms with E-state index in [1.807, 2.05) is 18.2 Å². The highest BCUT2D eigenvalue weighted by molar-refractivity contribution is 5.90.